The third kappa shape index (κ3) is 3.58. The summed E-state index contributed by atoms with van der Waals surface area (Å²) in [5, 5.41) is 13.2. The Hall–Kier alpha value is -2.34. The molecule has 1 aromatic carbocycles. The first-order chi connectivity index (χ1) is 9.56. The van der Waals surface area contributed by atoms with E-state index < -0.39 is 6.10 Å². The predicted octanol–water partition coefficient (Wildman–Crippen LogP) is 1.27. The molecule has 20 heavy (non-hydrogen) atoms. The Morgan fingerprint density at radius 3 is 2.60 bits per heavy atom. The average Bonchev–Trinajstić information content (AvgIpc) is 2.46. The fraction of sp³-hybridized carbons (Fsp3) is 0.286. The second-order valence-electron chi connectivity index (χ2n) is 4.70. The van der Waals surface area contributed by atoms with Gasteiger partial charge in [-0.05, 0) is 23.8 Å². The van der Waals surface area contributed by atoms with E-state index in [2.05, 4.69) is 15.3 Å². The van der Waals surface area contributed by atoms with Gasteiger partial charge in [0, 0.05) is 32.5 Å². The van der Waals surface area contributed by atoms with Crippen LogP contribution in [0, 0.1) is 0 Å². The molecule has 0 saturated heterocycles. The molecular formula is C14H19N5O. The lowest BCUT2D eigenvalue weighted by Gasteiger charge is -2.14. The van der Waals surface area contributed by atoms with Gasteiger partial charge in [-0.3, -0.25) is 0 Å². The van der Waals surface area contributed by atoms with Crippen LogP contribution in [0.25, 0.3) is 0 Å². The zero-order valence-corrected chi connectivity index (χ0v) is 11.6. The lowest BCUT2D eigenvalue weighted by atomic mass is 10.1. The number of nitrogen functional groups attached to an aromatic ring is 1. The molecular weight excluding hydrogens is 254 g/mol. The van der Waals surface area contributed by atoms with E-state index in [1.165, 1.54) is 0 Å². The van der Waals surface area contributed by atoms with E-state index in [1.54, 1.807) is 24.4 Å². The van der Waals surface area contributed by atoms with Crippen molar-refractivity contribution < 1.29 is 5.11 Å². The maximum absolute atomic E-state index is 10.1. The lowest BCUT2D eigenvalue weighted by molar-refractivity contribution is 0.191. The number of benzene rings is 1. The van der Waals surface area contributed by atoms with Crippen molar-refractivity contribution in [2.24, 2.45) is 0 Å². The minimum atomic E-state index is -0.617. The molecule has 0 aliphatic heterocycles. The van der Waals surface area contributed by atoms with E-state index in [0.29, 0.717) is 24.0 Å². The molecule has 1 heterocycles. The van der Waals surface area contributed by atoms with Gasteiger partial charge in [0.25, 0.3) is 0 Å². The SMILES string of the molecule is CN(C)c1nccc(NCC(O)c2ccc(N)cc2)n1. The van der Waals surface area contributed by atoms with Crippen LogP contribution in [0.5, 0.6) is 0 Å². The Bertz CT molecular complexity index is 556. The predicted molar refractivity (Wildman–Crippen MR) is 80.7 cm³/mol. The number of hydrogen-bond donors (Lipinski definition) is 3. The standard InChI is InChI=1S/C14H19N5O/c1-19(2)14-16-8-7-13(18-14)17-9-12(20)10-3-5-11(15)6-4-10/h3-8,12,20H,9,15H2,1-2H3,(H,16,17,18). The van der Waals surface area contributed by atoms with E-state index >= 15 is 0 Å². The number of hydrogen-bond acceptors (Lipinski definition) is 6. The van der Waals surface area contributed by atoms with Crippen LogP contribution in [0.4, 0.5) is 17.5 Å². The van der Waals surface area contributed by atoms with Crippen LogP contribution in [0.15, 0.2) is 36.5 Å². The van der Waals surface area contributed by atoms with Gasteiger partial charge >= 0.3 is 0 Å². The van der Waals surface area contributed by atoms with Crippen molar-refractivity contribution in [3.63, 3.8) is 0 Å². The highest BCUT2D eigenvalue weighted by atomic mass is 16.3. The number of nitrogens with one attached hydrogen (secondary N) is 1. The van der Waals surface area contributed by atoms with Crippen molar-refractivity contribution >= 4 is 17.5 Å². The fourth-order valence-corrected chi connectivity index (χ4v) is 1.70. The molecule has 6 nitrogen and oxygen atoms in total. The van der Waals surface area contributed by atoms with Crippen LogP contribution in [0.2, 0.25) is 0 Å². The molecule has 1 unspecified atom stereocenters. The summed E-state index contributed by atoms with van der Waals surface area (Å²) in [6.45, 7) is 0.369. The first kappa shape index (κ1) is 14.1. The number of nitrogens with zero attached hydrogens (tertiary/aromatic N) is 3. The topological polar surface area (TPSA) is 87.3 Å². The second kappa shape index (κ2) is 6.21. The minimum absolute atomic E-state index is 0.369. The fourth-order valence-electron chi connectivity index (χ4n) is 1.70. The first-order valence-corrected chi connectivity index (χ1v) is 6.34. The van der Waals surface area contributed by atoms with Crippen molar-refractivity contribution in [3.8, 4) is 0 Å². The van der Waals surface area contributed by atoms with Crippen molar-refractivity contribution in [1.82, 2.24) is 9.97 Å². The molecule has 0 bridgehead atoms. The van der Waals surface area contributed by atoms with Crippen LogP contribution >= 0.6 is 0 Å². The van der Waals surface area contributed by atoms with Gasteiger partial charge < -0.3 is 21.1 Å². The number of rotatable bonds is 5. The first-order valence-electron chi connectivity index (χ1n) is 6.34. The number of aliphatic hydroxyl groups excluding tert-OH is 1. The number of anilines is 3. The minimum Gasteiger partial charge on any atom is -0.399 e. The van der Waals surface area contributed by atoms with Gasteiger partial charge in [-0.2, -0.15) is 4.98 Å². The third-order valence-corrected chi connectivity index (χ3v) is 2.84. The molecule has 2 rings (SSSR count). The Morgan fingerprint density at radius 2 is 1.95 bits per heavy atom. The maximum atomic E-state index is 10.1. The van der Waals surface area contributed by atoms with Crippen molar-refractivity contribution in [1.29, 1.82) is 0 Å². The zero-order chi connectivity index (χ0) is 14.5. The summed E-state index contributed by atoms with van der Waals surface area (Å²) in [6.07, 6.45) is 1.06. The Morgan fingerprint density at radius 1 is 1.25 bits per heavy atom. The summed E-state index contributed by atoms with van der Waals surface area (Å²) in [6, 6.07) is 8.93. The highest BCUT2D eigenvalue weighted by Gasteiger charge is 2.08. The van der Waals surface area contributed by atoms with E-state index in [1.807, 2.05) is 31.1 Å². The molecule has 0 saturated carbocycles. The summed E-state index contributed by atoms with van der Waals surface area (Å²) in [7, 11) is 3.75. The van der Waals surface area contributed by atoms with E-state index in [4.69, 9.17) is 5.73 Å². The van der Waals surface area contributed by atoms with Crippen LogP contribution in [0.3, 0.4) is 0 Å². The lowest BCUT2D eigenvalue weighted by Crippen LogP contribution is -2.16. The van der Waals surface area contributed by atoms with Crippen LogP contribution in [-0.4, -0.2) is 35.7 Å². The summed E-state index contributed by atoms with van der Waals surface area (Å²) >= 11 is 0. The average molecular weight is 273 g/mol. The molecule has 4 N–H and O–H groups in total. The van der Waals surface area contributed by atoms with Crippen molar-refractivity contribution in [3.05, 3.63) is 42.1 Å². The number of aromatic nitrogens is 2. The van der Waals surface area contributed by atoms with E-state index in [-0.39, 0.29) is 0 Å². The largest absolute Gasteiger partial charge is 0.399 e. The van der Waals surface area contributed by atoms with Gasteiger partial charge in [-0.25, -0.2) is 4.98 Å². The molecule has 0 spiro atoms. The molecule has 1 atom stereocenters. The molecule has 0 aliphatic rings. The van der Waals surface area contributed by atoms with Gasteiger partial charge in [0.15, 0.2) is 0 Å². The maximum Gasteiger partial charge on any atom is 0.226 e. The van der Waals surface area contributed by atoms with Crippen LogP contribution < -0.4 is 16.0 Å². The molecule has 1 aromatic heterocycles. The Kier molecular flexibility index (Phi) is 4.37. The number of aliphatic hydroxyl groups is 1. The summed E-state index contributed by atoms with van der Waals surface area (Å²) in [5.41, 5.74) is 7.11. The smallest absolute Gasteiger partial charge is 0.226 e. The molecule has 0 aliphatic carbocycles. The summed E-state index contributed by atoms with van der Waals surface area (Å²) in [4.78, 5) is 10.3. The molecule has 0 fully saturated rings. The normalized spacial score (nSPS) is 11.9. The van der Waals surface area contributed by atoms with Gasteiger partial charge in [0.1, 0.15) is 5.82 Å². The monoisotopic (exact) mass is 273 g/mol. The third-order valence-electron chi connectivity index (χ3n) is 2.84. The summed E-state index contributed by atoms with van der Waals surface area (Å²) < 4.78 is 0. The zero-order valence-electron chi connectivity index (χ0n) is 11.6. The van der Waals surface area contributed by atoms with Gasteiger partial charge in [0.05, 0.1) is 6.10 Å². The highest BCUT2D eigenvalue weighted by molar-refractivity contribution is 5.42. The van der Waals surface area contributed by atoms with Crippen molar-refractivity contribution in [2.45, 2.75) is 6.10 Å². The molecule has 6 heteroatoms. The quantitative estimate of drug-likeness (QED) is 0.711. The molecule has 0 radical (unpaired) electrons. The van der Waals surface area contributed by atoms with Crippen LogP contribution in [-0.2, 0) is 0 Å². The van der Waals surface area contributed by atoms with Gasteiger partial charge in [-0.15, -0.1) is 0 Å². The molecule has 106 valence electrons. The molecule has 2 aromatic rings. The van der Waals surface area contributed by atoms with Crippen molar-refractivity contribution in [2.75, 3.05) is 36.6 Å². The molecule has 0 amide bonds. The summed E-state index contributed by atoms with van der Waals surface area (Å²) in [5.74, 6) is 1.30. The van der Waals surface area contributed by atoms with Gasteiger partial charge in [0.2, 0.25) is 5.95 Å². The van der Waals surface area contributed by atoms with Crippen LogP contribution in [0.1, 0.15) is 11.7 Å². The number of nitrogens with two attached hydrogens (primary N) is 1. The van der Waals surface area contributed by atoms with E-state index in [9.17, 15) is 5.11 Å². The van der Waals surface area contributed by atoms with Gasteiger partial charge in [-0.1, -0.05) is 12.1 Å². The Labute approximate surface area is 118 Å². The van der Waals surface area contributed by atoms with E-state index in [0.717, 1.165) is 5.56 Å². The Balaban J connectivity index is 1.97. The second-order valence-corrected chi connectivity index (χ2v) is 4.70. The highest BCUT2D eigenvalue weighted by Crippen LogP contribution is 2.16.